The van der Waals surface area contributed by atoms with Gasteiger partial charge in [0.15, 0.2) is 0 Å². The van der Waals surface area contributed by atoms with Crippen LogP contribution in [-0.2, 0) is 11.2 Å². The summed E-state index contributed by atoms with van der Waals surface area (Å²) >= 11 is 1.31. The topological polar surface area (TPSA) is 79.6 Å². The highest BCUT2D eigenvalue weighted by atomic mass is 32.1. The fourth-order valence-corrected chi connectivity index (χ4v) is 3.78. The highest BCUT2D eigenvalue weighted by molar-refractivity contribution is 7.20. The van der Waals surface area contributed by atoms with E-state index in [0.717, 1.165) is 18.5 Å². The summed E-state index contributed by atoms with van der Waals surface area (Å²) in [5.74, 6) is 0.147. The second-order valence-corrected chi connectivity index (χ2v) is 7.82. The molecule has 3 aromatic rings. The minimum Gasteiger partial charge on any atom is -0.354 e. The van der Waals surface area contributed by atoms with Crippen molar-refractivity contribution in [3.8, 4) is 0 Å². The molecule has 0 aliphatic heterocycles. The first-order valence-electron chi connectivity index (χ1n) is 9.40. The van der Waals surface area contributed by atoms with Gasteiger partial charge in [0.05, 0.1) is 6.54 Å². The van der Waals surface area contributed by atoms with Crippen LogP contribution in [0, 0.1) is 0 Å². The van der Waals surface area contributed by atoms with Gasteiger partial charge < -0.3 is 10.2 Å². The fourth-order valence-electron chi connectivity index (χ4n) is 2.89. The standard InChI is InChI=1S/C20H25N5O2S/c1-4-8-16-11-18(27)25-19(22-16)28-20(23-25)24(3)13-17(26)21-12-14(2)15-9-6-5-7-10-15/h5-7,9-11,14H,4,8,12-13H2,1-3H3,(H,21,26)/t14-/m1/s1. The van der Waals surface area contributed by atoms with Crippen molar-refractivity contribution >= 4 is 27.3 Å². The number of nitrogens with one attached hydrogen (secondary N) is 1. The molecule has 0 bridgehead atoms. The van der Waals surface area contributed by atoms with Gasteiger partial charge in [0.2, 0.25) is 16.0 Å². The molecule has 0 aliphatic carbocycles. The van der Waals surface area contributed by atoms with Gasteiger partial charge in [0.1, 0.15) is 0 Å². The number of nitrogens with zero attached hydrogens (tertiary/aromatic N) is 4. The molecular formula is C20H25N5O2S. The Hall–Kier alpha value is -2.74. The zero-order valence-corrected chi connectivity index (χ0v) is 17.2. The van der Waals surface area contributed by atoms with Crippen molar-refractivity contribution in [2.45, 2.75) is 32.6 Å². The Labute approximate surface area is 168 Å². The van der Waals surface area contributed by atoms with Crippen LogP contribution < -0.4 is 15.8 Å². The van der Waals surface area contributed by atoms with E-state index in [1.54, 1.807) is 11.9 Å². The third-order valence-electron chi connectivity index (χ3n) is 4.47. The minimum atomic E-state index is -0.189. The molecule has 1 aromatic carbocycles. The molecule has 0 spiro atoms. The summed E-state index contributed by atoms with van der Waals surface area (Å²) in [4.78, 5) is 31.3. The summed E-state index contributed by atoms with van der Waals surface area (Å²) < 4.78 is 1.30. The Morgan fingerprint density at radius 2 is 2.07 bits per heavy atom. The first-order valence-corrected chi connectivity index (χ1v) is 10.2. The molecule has 2 heterocycles. The lowest BCUT2D eigenvalue weighted by Crippen LogP contribution is -2.36. The second kappa shape index (κ2) is 8.97. The predicted octanol–water partition coefficient (Wildman–Crippen LogP) is 2.46. The molecule has 3 rings (SSSR count). The highest BCUT2D eigenvalue weighted by Gasteiger charge is 2.15. The van der Waals surface area contributed by atoms with Gasteiger partial charge in [-0.25, -0.2) is 4.98 Å². The summed E-state index contributed by atoms with van der Waals surface area (Å²) in [5.41, 5.74) is 1.78. The third kappa shape index (κ3) is 4.75. The number of hydrogen-bond donors (Lipinski definition) is 1. The zero-order valence-electron chi connectivity index (χ0n) is 16.4. The average molecular weight is 400 g/mol. The molecule has 2 aromatic heterocycles. The van der Waals surface area contributed by atoms with Crippen LogP contribution in [0.2, 0.25) is 0 Å². The molecule has 0 unspecified atom stereocenters. The van der Waals surface area contributed by atoms with Crippen molar-refractivity contribution in [2.24, 2.45) is 0 Å². The van der Waals surface area contributed by atoms with Crippen LogP contribution in [-0.4, -0.2) is 40.6 Å². The Morgan fingerprint density at radius 1 is 1.32 bits per heavy atom. The largest absolute Gasteiger partial charge is 0.354 e. The number of amides is 1. The SMILES string of the molecule is CCCc1cc(=O)n2nc(N(C)CC(=O)NC[C@@H](C)c3ccccc3)sc2n1. The predicted molar refractivity (Wildman–Crippen MR) is 112 cm³/mol. The van der Waals surface area contributed by atoms with Gasteiger partial charge in [0.25, 0.3) is 5.56 Å². The number of aryl methyl sites for hydroxylation is 1. The summed E-state index contributed by atoms with van der Waals surface area (Å²) in [7, 11) is 1.79. The first-order chi connectivity index (χ1) is 13.5. The van der Waals surface area contributed by atoms with E-state index in [1.807, 2.05) is 25.1 Å². The molecule has 148 valence electrons. The molecule has 0 fully saturated rings. The number of hydrogen-bond acceptors (Lipinski definition) is 6. The van der Waals surface area contributed by atoms with Crippen LogP contribution >= 0.6 is 11.3 Å². The number of anilines is 1. The van der Waals surface area contributed by atoms with E-state index in [9.17, 15) is 9.59 Å². The van der Waals surface area contributed by atoms with E-state index in [-0.39, 0.29) is 23.9 Å². The maximum atomic E-state index is 12.3. The smallest absolute Gasteiger partial charge is 0.275 e. The van der Waals surface area contributed by atoms with Gasteiger partial charge in [-0.15, -0.1) is 5.10 Å². The second-order valence-electron chi connectivity index (χ2n) is 6.89. The van der Waals surface area contributed by atoms with Crippen molar-refractivity contribution in [2.75, 3.05) is 25.0 Å². The highest BCUT2D eigenvalue weighted by Crippen LogP contribution is 2.20. The number of rotatable bonds is 8. The molecule has 7 nitrogen and oxygen atoms in total. The van der Waals surface area contributed by atoms with Crippen molar-refractivity contribution in [3.05, 3.63) is 58.0 Å². The third-order valence-corrected chi connectivity index (χ3v) is 5.50. The maximum absolute atomic E-state index is 12.3. The van der Waals surface area contributed by atoms with Gasteiger partial charge in [-0.05, 0) is 17.9 Å². The molecule has 0 saturated carbocycles. The number of carbonyl (C=O) groups excluding carboxylic acids is 1. The van der Waals surface area contributed by atoms with E-state index in [0.29, 0.717) is 16.6 Å². The van der Waals surface area contributed by atoms with Crippen LogP contribution in [0.15, 0.2) is 41.2 Å². The van der Waals surface area contributed by atoms with Crippen molar-refractivity contribution in [1.82, 2.24) is 19.9 Å². The molecule has 28 heavy (non-hydrogen) atoms. The van der Waals surface area contributed by atoms with E-state index in [4.69, 9.17) is 0 Å². The number of aromatic nitrogens is 3. The number of carbonyl (C=O) groups is 1. The Kier molecular flexibility index (Phi) is 6.41. The number of benzene rings is 1. The molecule has 1 N–H and O–H groups in total. The van der Waals surface area contributed by atoms with Gasteiger partial charge in [0, 0.05) is 25.4 Å². The van der Waals surface area contributed by atoms with Crippen LogP contribution in [0.25, 0.3) is 4.96 Å². The summed E-state index contributed by atoms with van der Waals surface area (Å²) in [6, 6.07) is 11.6. The van der Waals surface area contributed by atoms with E-state index < -0.39 is 0 Å². The Bertz CT molecular complexity index is 999. The van der Waals surface area contributed by atoms with Gasteiger partial charge in [-0.1, -0.05) is 61.9 Å². The average Bonchev–Trinajstić information content (AvgIpc) is 3.12. The van der Waals surface area contributed by atoms with Gasteiger partial charge in [-0.2, -0.15) is 4.52 Å². The Balaban J connectivity index is 1.62. The maximum Gasteiger partial charge on any atom is 0.275 e. The molecular weight excluding hydrogens is 374 g/mol. The summed E-state index contributed by atoms with van der Waals surface area (Å²) in [5, 5.41) is 7.87. The molecule has 0 aliphatic rings. The van der Waals surface area contributed by atoms with Crippen LogP contribution in [0.3, 0.4) is 0 Å². The lowest BCUT2D eigenvalue weighted by Gasteiger charge is -2.17. The Morgan fingerprint density at radius 3 is 2.79 bits per heavy atom. The molecule has 8 heteroatoms. The quantitative estimate of drug-likeness (QED) is 0.629. The van der Waals surface area contributed by atoms with Crippen molar-refractivity contribution in [3.63, 3.8) is 0 Å². The van der Waals surface area contributed by atoms with Gasteiger partial charge in [-0.3, -0.25) is 9.59 Å². The molecule has 1 amide bonds. The van der Waals surface area contributed by atoms with Crippen molar-refractivity contribution in [1.29, 1.82) is 0 Å². The summed E-state index contributed by atoms with van der Waals surface area (Å²) in [6.45, 7) is 4.86. The zero-order chi connectivity index (χ0) is 20.1. The fraction of sp³-hybridized carbons (Fsp3) is 0.400. The van der Waals surface area contributed by atoms with Gasteiger partial charge >= 0.3 is 0 Å². The molecule has 0 saturated heterocycles. The van der Waals surface area contributed by atoms with Crippen LogP contribution in [0.4, 0.5) is 5.13 Å². The lowest BCUT2D eigenvalue weighted by molar-refractivity contribution is -0.119. The minimum absolute atomic E-state index is 0.0866. The molecule has 1 atom stereocenters. The molecule has 0 radical (unpaired) electrons. The van der Waals surface area contributed by atoms with Crippen LogP contribution in [0.5, 0.6) is 0 Å². The van der Waals surface area contributed by atoms with Crippen LogP contribution in [0.1, 0.15) is 37.4 Å². The normalized spacial score (nSPS) is 12.1. The number of likely N-dealkylation sites (N-methyl/N-ethyl adjacent to an activating group) is 1. The lowest BCUT2D eigenvalue weighted by atomic mass is 10.0. The van der Waals surface area contributed by atoms with Crippen molar-refractivity contribution < 1.29 is 4.79 Å². The van der Waals surface area contributed by atoms with E-state index in [1.165, 1.54) is 27.5 Å². The van der Waals surface area contributed by atoms with E-state index in [2.05, 4.69) is 34.5 Å². The number of fused-ring (bicyclic) bond motifs is 1. The van der Waals surface area contributed by atoms with E-state index >= 15 is 0 Å². The monoisotopic (exact) mass is 399 g/mol. The first kappa shape index (κ1) is 20.0. The summed E-state index contributed by atoms with van der Waals surface area (Å²) in [6.07, 6.45) is 1.69.